The highest BCUT2D eigenvalue weighted by molar-refractivity contribution is 7.17. The maximum atomic E-state index is 12.1. The van der Waals surface area contributed by atoms with Crippen molar-refractivity contribution in [2.45, 2.75) is 34.1 Å². The van der Waals surface area contributed by atoms with Crippen molar-refractivity contribution < 1.29 is 14.3 Å². The lowest BCUT2D eigenvalue weighted by Crippen LogP contribution is -2.14. The minimum atomic E-state index is -0.405. The molecule has 2 rings (SSSR count). The molecular formula is C17H20N2O3S. The molecule has 0 aliphatic heterocycles. The minimum absolute atomic E-state index is 0.155. The smallest absolute Gasteiger partial charge is 0.350 e. The van der Waals surface area contributed by atoms with Gasteiger partial charge >= 0.3 is 5.97 Å². The summed E-state index contributed by atoms with van der Waals surface area (Å²) in [5.74, 6) is -0.561. The van der Waals surface area contributed by atoms with Gasteiger partial charge in [0.05, 0.1) is 18.7 Å². The molecule has 1 aromatic carbocycles. The van der Waals surface area contributed by atoms with Crippen LogP contribution in [0.4, 0.5) is 5.13 Å². The van der Waals surface area contributed by atoms with Gasteiger partial charge in [0.2, 0.25) is 5.91 Å². The van der Waals surface area contributed by atoms with E-state index in [0.717, 1.165) is 22.5 Å². The van der Waals surface area contributed by atoms with Gasteiger partial charge in [-0.1, -0.05) is 29.5 Å². The third-order valence-corrected chi connectivity index (χ3v) is 4.49. The van der Waals surface area contributed by atoms with E-state index in [9.17, 15) is 9.59 Å². The largest absolute Gasteiger partial charge is 0.462 e. The van der Waals surface area contributed by atoms with Crippen LogP contribution >= 0.6 is 11.3 Å². The van der Waals surface area contributed by atoms with Gasteiger partial charge in [-0.05, 0) is 44.4 Å². The number of hydrogen-bond donors (Lipinski definition) is 1. The van der Waals surface area contributed by atoms with Crippen LogP contribution in [-0.4, -0.2) is 23.5 Å². The van der Waals surface area contributed by atoms with Gasteiger partial charge < -0.3 is 10.1 Å². The third-order valence-electron chi connectivity index (χ3n) is 3.44. The van der Waals surface area contributed by atoms with Gasteiger partial charge in [0.15, 0.2) is 5.13 Å². The standard InChI is InChI=1S/C17H20N2O3S/c1-5-22-16(21)15-12(4)18-17(23-15)19-14(20)9-13-7-6-10(2)11(3)8-13/h6-8H,5,9H2,1-4H3,(H,18,19,20). The monoisotopic (exact) mass is 332 g/mol. The summed E-state index contributed by atoms with van der Waals surface area (Å²) in [4.78, 5) is 28.5. The highest BCUT2D eigenvalue weighted by atomic mass is 32.1. The van der Waals surface area contributed by atoms with Crippen LogP contribution < -0.4 is 5.32 Å². The number of aryl methyl sites for hydroxylation is 3. The molecule has 1 amide bonds. The number of hydrogen-bond acceptors (Lipinski definition) is 5. The number of anilines is 1. The summed E-state index contributed by atoms with van der Waals surface area (Å²) in [6.07, 6.45) is 0.272. The van der Waals surface area contributed by atoms with Crippen LogP contribution in [0.2, 0.25) is 0 Å². The van der Waals surface area contributed by atoms with Crippen molar-refractivity contribution in [2.75, 3.05) is 11.9 Å². The number of rotatable bonds is 5. The molecule has 0 unspecified atom stereocenters. The number of carbonyl (C=O) groups is 2. The first kappa shape index (κ1) is 17.1. The first-order valence-corrected chi connectivity index (χ1v) is 8.23. The Labute approximate surface area is 139 Å². The zero-order chi connectivity index (χ0) is 17.0. The summed E-state index contributed by atoms with van der Waals surface area (Å²) in [6, 6.07) is 5.95. The Morgan fingerprint density at radius 1 is 1.22 bits per heavy atom. The van der Waals surface area contributed by atoms with Gasteiger partial charge in [-0.15, -0.1) is 0 Å². The summed E-state index contributed by atoms with van der Waals surface area (Å²) in [5.41, 5.74) is 3.87. The zero-order valence-electron chi connectivity index (χ0n) is 13.7. The van der Waals surface area contributed by atoms with E-state index >= 15 is 0 Å². The van der Waals surface area contributed by atoms with E-state index in [0.29, 0.717) is 22.3 Å². The third kappa shape index (κ3) is 4.39. The lowest BCUT2D eigenvalue weighted by Gasteiger charge is -2.05. The van der Waals surface area contributed by atoms with Gasteiger partial charge in [0, 0.05) is 0 Å². The Kier molecular flexibility index (Phi) is 5.50. The van der Waals surface area contributed by atoms with Crippen LogP contribution in [-0.2, 0) is 16.0 Å². The Morgan fingerprint density at radius 2 is 1.96 bits per heavy atom. The van der Waals surface area contributed by atoms with Gasteiger partial charge in [-0.25, -0.2) is 9.78 Å². The highest BCUT2D eigenvalue weighted by Gasteiger charge is 2.17. The van der Waals surface area contributed by atoms with Gasteiger partial charge in [0.1, 0.15) is 4.88 Å². The SMILES string of the molecule is CCOC(=O)c1sc(NC(=O)Cc2ccc(C)c(C)c2)nc1C. The molecule has 0 fully saturated rings. The number of nitrogens with one attached hydrogen (secondary N) is 1. The molecule has 1 heterocycles. The van der Waals surface area contributed by atoms with Crippen molar-refractivity contribution >= 4 is 28.3 Å². The number of esters is 1. The molecule has 0 saturated heterocycles. The van der Waals surface area contributed by atoms with E-state index in [2.05, 4.69) is 10.3 Å². The number of nitrogens with zero attached hydrogens (tertiary/aromatic N) is 1. The van der Waals surface area contributed by atoms with Crippen molar-refractivity contribution in [2.24, 2.45) is 0 Å². The average Bonchev–Trinajstić information content (AvgIpc) is 2.83. The van der Waals surface area contributed by atoms with E-state index in [-0.39, 0.29) is 12.3 Å². The summed E-state index contributed by atoms with van der Waals surface area (Å²) < 4.78 is 4.97. The fourth-order valence-electron chi connectivity index (χ4n) is 2.10. The lowest BCUT2D eigenvalue weighted by atomic mass is 10.0. The fourth-order valence-corrected chi connectivity index (χ4v) is 2.97. The van der Waals surface area contributed by atoms with Gasteiger partial charge in [-0.2, -0.15) is 0 Å². The summed E-state index contributed by atoms with van der Waals surface area (Å²) in [6.45, 7) is 7.84. The molecule has 0 radical (unpaired) electrons. The maximum Gasteiger partial charge on any atom is 0.350 e. The molecule has 0 bridgehead atoms. The normalized spacial score (nSPS) is 10.4. The van der Waals surface area contributed by atoms with Crippen molar-refractivity contribution in [3.63, 3.8) is 0 Å². The van der Waals surface area contributed by atoms with E-state index in [1.165, 1.54) is 5.56 Å². The number of carbonyl (C=O) groups excluding carboxylic acids is 2. The topological polar surface area (TPSA) is 68.3 Å². The quantitative estimate of drug-likeness (QED) is 0.852. The predicted molar refractivity (Wildman–Crippen MR) is 91.1 cm³/mol. The molecule has 0 spiro atoms. The molecule has 5 nitrogen and oxygen atoms in total. The van der Waals surface area contributed by atoms with E-state index < -0.39 is 5.97 Å². The first-order valence-electron chi connectivity index (χ1n) is 7.41. The maximum absolute atomic E-state index is 12.1. The second-order valence-corrected chi connectivity index (χ2v) is 6.30. The number of ether oxygens (including phenoxy) is 1. The molecule has 0 saturated carbocycles. The summed E-state index contributed by atoms with van der Waals surface area (Å²) >= 11 is 1.13. The van der Waals surface area contributed by atoms with E-state index in [4.69, 9.17) is 4.74 Å². The molecule has 6 heteroatoms. The van der Waals surface area contributed by atoms with Crippen LogP contribution in [0, 0.1) is 20.8 Å². The molecule has 0 aliphatic carbocycles. The molecular weight excluding hydrogens is 312 g/mol. The molecule has 0 aliphatic rings. The Hall–Kier alpha value is -2.21. The molecule has 122 valence electrons. The van der Waals surface area contributed by atoms with Crippen LogP contribution in [0.25, 0.3) is 0 Å². The average molecular weight is 332 g/mol. The van der Waals surface area contributed by atoms with Gasteiger partial charge in [-0.3, -0.25) is 4.79 Å². The second-order valence-electron chi connectivity index (χ2n) is 5.30. The molecule has 23 heavy (non-hydrogen) atoms. The van der Waals surface area contributed by atoms with Crippen molar-refractivity contribution in [1.82, 2.24) is 4.98 Å². The van der Waals surface area contributed by atoms with Crippen molar-refractivity contribution in [3.8, 4) is 0 Å². The summed E-state index contributed by atoms with van der Waals surface area (Å²) in [5, 5.41) is 3.16. The molecule has 2 aromatic rings. The van der Waals surface area contributed by atoms with E-state index in [1.54, 1.807) is 13.8 Å². The predicted octanol–water partition coefficient (Wildman–Crippen LogP) is 3.43. The van der Waals surface area contributed by atoms with E-state index in [1.807, 2.05) is 32.0 Å². The van der Waals surface area contributed by atoms with Crippen LogP contribution in [0.3, 0.4) is 0 Å². The number of thiazole rings is 1. The zero-order valence-corrected chi connectivity index (χ0v) is 14.5. The second kappa shape index (κ2) is 7.37. The van der Waals surface area contributed by atoms with Gasteiger partial charge in [0.25, 0.3) is 0 Å². The first-order chi connectivity index (χ1) is 10.9. The molecule has 1 aromatic heterocycles. The summed E-state index contributed by atoms with van der Waals surface area (Å²) in [7, 11) is 0. The van der Waals surface area contributed by atoms with Crippen LogP contribution in [0.15, 0.2) is 18.2 Å². The van der Waals surface area contributed by atoms with Crippen molar-refractivity contribution in [1.29, 1.82) is 0 Å². The Balaban J connectivity index is 2.04. The number of aromatic nitrogens is 1. The minimum Gasteiger partial charge on any atom is -0.462 e. The van der Waals surface area contributed by atoms with Crippen LogP contribution in [0.1, 0.15) is 39.0 Å². The number of amides is 1. The van der Waals surface area contributed by atoms with Crippen LogP contribution in [0.5, 0.6) is 0 Å². The molecule has 1 N–H and O–H groups in total. The lowest BCUT2D eigenvalue weighted by molar-refractivity contribution is -0.115. The Morgan fingerprint density at radius 3 is 2.61 bits per heavy atom. The Bertz CT molecular complexity index is 737. The number of benzene rings is 1. The fraction of sp³-hybridized carbons (Fsp3) is 0.353. The molecule has 0 atom stereocenters. The highest BCUT2D eigenvalue weighted by Crippen LogP contribution is 2.23. The van der Waals surface area contributed by atoms with Crippen molar-refractivity contribution in [3.05, 3.63) is 45.5 Å².